The first-order valence-electron chi connectivity index (χ1n) is 6.25. The highest BCUT2D eigenvalue weighted by atomic mass is 16.5. The molecule has 0 aliphatic rings. The molecule has 5 heteroatoms. The molecule has 0 aliphatic heterocycles. The van der Waals surface area contributed by atoms with E-state index in [2.05, 4.69) is 0 Å². The molecule has 0 bridgehead atoms. The second-order valence-electron chi connectivity index (χ2n) is 5.13. The molecule has 1 aromatic rings. The van der Waals surface area contributed by atoms with Crippen molar-refractivity contribution in [3.8, 4) is 0 Å². The Labute approximate surface area is 114 Å². The predicted octanol–water partition coefficient (Wildman–Crippen LogP) is 1.65. The first kappa shape index (κ1) is 15.3. The highest BCUT2D eigenvalue weighted by molar-refractivity contribution is 5.99. The van der Waals surface area contributed by atoms with E-state index in [1.165, 1.54) is 0 Å². The van der Waals surface area contributed by atoms with E-state index in [1.54, 1.807) is 50.9 Å². The molecule has 0 fully saturated rings. The third-order valence-corrected chi connectivity index (χ3v) is 2.57. The number of carbonyl (C=O) groups excluding carboxylic acids is 1. The molecule has 0 radical (unpaired) electrons. The fourth-order valence-corrected chi connectivity index (χ4v) is 2.02. The van der Waals surface area contributed by atoms with Crippen LogP contribution in [0, 0.1) is 0 Å². The van der Waals surface area contributed by atoms with Gasteiger partial charge in [-0.3, -0.25) is 0 Å². The van der Waals surface area contributed by atoms with E-state index in [-0.39, 0.29) is 0 Å². The van der Waals surface area contributed by atoms with Crippen LogP contribution in [-0.4, -0.2) is 36.9 Å². The molecule has 0 atom stereocenters. The number of rotatable bonds is 5. The Morgan fingerprint density at radius 2 is 2.11 bits per heavy atom. The number of esters is 1. The highest BCUT2D eigenvalue weighted by Crippen LogP contribution is 2.28. The van der Waals surface area contributed by atoms with Gasteiger partial charge in [0.2, 0.25) is 0 Å². The maximum Gasteiger partial charge on any atom is 0.340 e. The van der Waals surface area contributed by atoms with Gasteiger partial charge in [-0.05, 0) is 32.9 Å². The Morgan fingerprint density at radius 1 is 1.47 bits per heavy atom. The van der Waals surface area contributed by atoms with Crippen molar-refractivity contribution in [2.45, 2.75) is 26.4 Å². The molecule has 1 rings (SSSR count). The van der Waals surface area contributed by atoms with Crippen molar-refractivity contribution in [3.05, 3.63) is 23.8 Å². The smallest absolute Gasteiger partial charge is 0.340 e. The molecule has 0 amide bonds. The maximum absolute atomic E-state index is 11.9. The third kappa shape index (κ3) is 4.13. The summed E-state index contributed by atoms with van der Waals surface area (Å²) in [6.45, 7) is 5.82. The van der Waals surface area contributed by atoms with Gasteiger partial charge in [0.15, 0.2) is 0 Å². The van der Waals surface area contributed by atoms with Crippen LogP contribution in [0.15, 0.2) is 18.2 Å². The van der Waals surface area contributed by atoms with Gasteiger partial charge in [0.25, 0.3) is 0 Å². The van der Waals surface area contributed by atoms with E-state index in [1.807, 2.05) is 0 Å². The van der Waals surface area contributed by atoms with Gasteiger partial charge >= 0.3 is 5.97 Å². The standard InChI is InChI=1S/C14H22N2O3/c1-5-19-13(17)10-7-6-8-11(15)12(10)16(4)9-14(2,3)18/h6-8,18H,5,9,15H2,1-4H3. The average molecular weight is 266 g/mol. The Hall–Kier alpha value is -1.75. The van der Waals surface area contributed by atoms with Crippen molar-refractivity contribution in [2.75, 3.05) is 30.8 Å². The predicted molar refractivity (Wildman–Crippen MR) is 76.4 cm³/mol. The summed E-state index contributed by atoms with van der Waals surface area (Å²) < 4.78 is 5.02. The van der Waals surface area contributed by atoms with E-state index in [0.29, 0.717) is 30.1 Å². The summed E-state index contributed by atoms with van der Waals surface area (Å²) in [4.78, 5) is 13.7. The van der Waals surface area contributed by atoms with Crippen molar-refractivity contribution >= 4 is 17.3 Å². The molecule has 5 nitrogen and oxygen atoms in total. The summed E-state index contributed by atoms with van der Waals surface area (Å²) in [6.07, 6.45) is 0. The van der Waals surface area contributed by atoms with Crippen LogP contribution in [0.4, 0.5) is 11.4 Å². The maximum atomic E-state index is 11.9. The number of hydrogen-bond acceptors (Lipinski definition) is 5. The molecule has 0 saturated heterocycles. The summed E-state index contributed by atoms with van der Waals surface area (Å²) in [7, 11) is 1.78. The van der Waals surface area contributed by atoms with Crippen molar-refractivity contribution in [1.82, 2.24) is 0 Å². The van der Waals surface area contributed by atoms with Crippen molar-refractivity contribution in [2.24, 2.45) is 0 Å². The van der Waals surface area contributed by atoms with Crippen LogP contribution in [0.2, 0.25) is 0 Å². The highest BCUT2D eigenvalue weighted by Gasteiger charge is 2.22. The number of anilines is 2. The number of nitrogen functional groups attached to an aromatic ring is 1. The molecule has 0 aliphatic carbocycles. The minimum atomic E-state index is -0.886. The Balaban J connectivity index is 3.14. The lowest BCUT2D eigenvalue weighted by atomic mass is 10.1. The van der Waals surface area contributed by atoms with E-state index in [4.69, 9.17) is 10.5 Å². The minimum Gasteiger partial charge on any atom is -0.462 e. The van der Waals surface area contributed by atoms with Gasteiger partial charge in [0.1, 0.15) is 0 Å². The summed E-state index contributed by atoms with van der Waals surface area (Å²) in [5, 5.41) is 9.87. The number of hydrogen-bond donors (Lipinski definition) is 2. The van der Waals surface area contributed by atoms with Crippen LogP contribution < -0.4 is 10.6 Å². The number of benzene rings is 1. The van der Waals surface area contributed by atoms with Crippen LogP contribution in [0.5, 0.6) is 0 Å². The molecule has 106 valence electrons. The van der Waals surface area contributed by atoms with Crippen LogP contribution in [0.1, 0.15) is 31.1 Å². The van der Waals surface area contributed by atoms with Gasteiger partial charge in [-0.15, -0.1) is 0 Å². The number of aliphatic hydroxyl groups is 1. The molecule has 0 saturated carbocycles. The van der Waals surface area contributed by atoms with Crippen LogP contribution in [0.3, 0.4) is 0 Å². The van der Waals surface area contributed by atoms with Crippen molar-refractivity contribution < 1.29 is 14.6 Å². The number of para-hydroxylation sites is 1. The monoisotopic (exact) mass is 266 g/mol. The summed E-state index contributed by atoms with van der Waals surface area (Å²) in [6, 6.07) is 5.10. The number of carbonyl (C=O) groups is 1. The number of nitrogens with zero attached hydrogens (tertiary/aromatic N) is 1. The molecule has 0 heterocycles. The Kier molecular flexibility index (Phi) is 4.78. The minimum absolute atomic E-state index is 0.308. The van der Waals surface area contributed by atoms with E-state index in [0.717, 1.165) is 0 Å². The lowest BCUT2D eigenvalue weighted by molar-refractivity contribution is 0.0525. The largest absolute Gasteiger partial charge is 0.462 e. The number of likely N-dealkylation sites (N-methyl/N-ethyl adjacent to an activating group) is 1. The Morgan fingerprint density at radius 3 is 2.63 bits per heavy atom. The van der Waals surface area contributed by atoms with Crippen LogP contribution in [0.25, 0.3) is 0 Å². The van der Waals surface area contributed by atoms with Gasteiger partial charge in [-0.1, -0.05) is 6.07 Å². The lowest BCUT2D eigenvalue weighted by Gasteiger charge is -2.29. The molecule has 1 aromatic carbocycles. The molecule has 19 heavy (non-hydrogen) atoms. The number of nitrogens with two attached hydrogens (primary N) is 1. The fraction of sp³-hybridized carbons (Fsp3) is 0.500. The number of ether oxygens (including phenoxy) is 1. The Bertz CT molecular complexity index is 452. The second kappa shape index (κ2) is 5.93. The molecular weight excluding hydrogens is 244 g/mol. The summed E-state index contributed by atoms with van der Waals surface area (Å²) in [5.74, 6) is -0.410. The normalized spacial score (nSPS) is 11.2. The first-order chi connectivity index (χ1) is 8.76. The zero-order valence-corrected chi connectivity index (χ0v) is 11.9. The third-order valence-electron chi connectivity index (χ3n) is 2.57. The van der Waals surface area contributed by atoms with E-state index in [9.17, 15) is 9.90 Å². The molecule has 0 unspecified atom stereocenters. The molecular formula is C14H22N2O3. The molecule has 0 spiro atoms. The first-order valence-corrected chi connectivity index (χ1v) is 6.25. The van der Waals surface area contributed by atoms with Crippen molar-refractivity contribution in [3.63, 3.8) is 0 Å². The fourth-order valence-electron chi connectivity index (χ4n) is 2.02. The van der Waals surface area contributed by atoms with Crippen LogP contribution in [-0.2, 0) is 4.74 Å². The van der Waals surface area contributed by atoms with Gasteiger partial charge in [-0.2, -0.15) is 0 Å². The average Bonchev–Trinajstić information content (AvgIpc) is 2.26. The van der Waals surface area contributed by atoms with Gasteiger partial charge < -0.3 is 20.5 Å². The van der Waals surface area contributed by atoms with Gasteiger partial charge in [0, 0.05) is 13.6 Å². The SMILES string of the molecule is CCOC(=O)c1cccc(N)c1N(C)CC(C)(C)O. The zero-order chi connectivity index (χ0) is 14.6. The van der Waals surface area contributed by atoms with Gasteiger partial charge in [-0.25, -0.2) is 4.79 Å². The van der Waals surface area contributed by atoms with E-state index < -0.39 is 11.6 Å². The quantitative estimate of drug-likeness (QED) is 0.626. The second-order valence-corrected chi connectivity index (χ2v) is 5.13. The summed E-state index contributed by atoms with van der Waals surface area (Å²) >= 11 is 0. The van der Waals surface area contributed by atoms with Crippen LogP contribution >= 0.6 is 0 Å². The van der Waals surface area contributed by atoms with Gasteiger partial charge in [0.05, 0.1) is 29.1 Å². The van der Waals surface area contributed by atoms with E-state index >= 15 is 0 Å². The zero-order valence-electron chi connectivity index (χ0n) is 11.9. The molecule has 3 N–H and O–H groups in total. The van der Waals surface area contributed by atoms with Crippen molar-refractivity contribution in [1.29, 1.82) is 0 Å². The topological polar surface area (TPSA) is 75.8 Å². The summed E-state index contributed by atoms with van der Waals surface area (Å²) in [5.41, 5.74) is 6.54. The lowest BCUT2D eigenvalue weighted by Crippen LogP contribution is -2.37. The molecule has 0 aromatic heterocycles.